The molecule has 0 fully saturated rings. The van der Waals surface area contributed by atoms with Crippen LogP contribution in [0.15, 0.2) is 15.6 Å². The van der Waals surface area contributed by atoms with Crippen molar-refractivity contribution in [2.24, 2.45) is 0 Å². The molecule has 0 aromatic carbocycles. The van der Waals surface area contributed by atoms with Gasteiger partial charge >= 0.3 is 0 Å². The molecule has 0 amide bonds. The maximum atomic E-state index is 11.3. The monoisotopic (exact) mass is 316 g/mol. The van der Waals surface area contributed by atoms with Crippen LogP contribution in [0.4, 0.5) is 5.82 Å². The number of rotatable bonds is 7. The Morgan fingerprint density at radius 3 is 2.89 bits per heavy atom. The minimum absolute atomic E-state index is 0.160. The second-order valence-electron chi connectivity index (χ2n) is 4.60. The third-order valence-corrected chi connectivity index (χ3v) is 3.64. The van der Waals surface area contributed by atoms with E-state index >= 15 is 0 Å². The van der Waals surface area contributed by atoms with Gasteiger partial charge in [-0.05, 0) is 56.2 Å². The van der Waals surface area contributed by atoms with Crippen molar-refractivity contribution >= 4 is 21.7 Å². The van der Waals surface area contributed by atoms with E-state index in [9.17, 15) is 4.79 Å². The third kappa shape index (κ3) is 4.78. The number of nitrogens with zero attached hydrogens (tertiary/aromatic N) is 2. The van der Waals surface area contributed by atoms with Crippen molar-refractivity contribution in [1.29, 1.82) is 0 Å². The molecule has 0 saturated carbocycles. The molecule has 1 aromatic rings. The van der Waals surface area contributed by atoms with Crippen molar-refractivity contribution < 1.29 is 0 Å². The summed E-state index contributed by atoms with van der Waals surface area (Å²) >= 11 is 3.21. The Labute approximate surface area is 116 Å². The van der Waals surface area contributed by atoms with Crippen molar-refractivity contribution in [3.63, 3.8) is 0 Å². The Hall–Kier alpha value is -0.880. The Kier molecular flexibility index (Phi) is 6.35. The molecule has 0 aliphatic carbocycles. The first-order valence-electron chi connectivity index (χ1n) is 6.19. The Morgan fingerprint density at radius 1 is 1.50 bits per heavy atom. The van der Waals surface area contributed by atoms with E-state index in [1.54, 1.807) is 0 Å². The Bertz CT molecular complexity index is 419. The lowest BCUT2D eigenvalue weighted by Crippen LogP contribution is -2.27. The summed E-state index contributed by atoms with van der Waals surface area (Å²) in [5, 5.41) is 3.16. The van der Waals surface area contributed by atoms with E-state index in [1.807, 2.05) is 0 Å². The highest BCUT2D eigenvalue weighted by Gasteiger charge is 2.05. The van der Waals surface area contributed by atoms with Gasteiger partial charge < -0.3 is 15.2 Å². The molecule has 1 heterocycles. The molecule has 6 heteroatoms. The summed E-state index contributed by atoms with van der Waals surface area (Å²) in [6.45, 7) is 6.29. The van der Waals surface area contributed by atoms with Gasteiger partial charge in [-0.1, -0.05) is 0 Å². The van der Waals surface area contributed by atoms with Crippen LogP contribution in [-0.2, 0) is 0 Å². The summed E-state index contributed by atoms with van der Waals surface area (Å²) in [5.41, 5.74) is -0.160. The molecule has 1 rings (SSSR count). The number of anilines is 1. The van der Waals surface area contributed by atoms with Gasteiger partial charge in [-0.15, -0.1) is 0 Å². The van der Waals surface area contributed by atoms with Crippen LogP contribution in [0.5, 0.6) is 0 Å². The van der Waals surface area contributed by atoms with E-state index in [0.717, 1.165) is 25.9 Å². The number of halogens is 1. The standard InChI is InChI=1S/C12H21BrN4O/c1-9(2)17(3)7-5-4-6-14-11-10(13)12(18)16-8-15-11/h8-9H,4-7H2,1-3H3,(H2,14,15,16,18). The highest BCUT2D eigenvalue weighted by Crippen LogP contribution is 2.12. The zero-order valence-electron chi connectivity index (χ0n) is 11.2. The van der Waals surface area contributed by atoms with Crippen LogP contribution >= 0.6 is 15.9 Å². The van der Waals surface area contributed by atoms with Crippen LogP contribution in [-0.4, -0.2) is 41.0 Å². The Balaban J connectivity index is 2.26. The van der Waals surface area contributed by atoms with Gasteiger partial charge in [0, 0.05) is 12.6 Å². The first kappa shape index (κ1) is 15.2. The smallest absolute Gasteiger partial charge is 0.267 e. The number of hydrogen-bond donors (Lipinski definition) is 2. The van der Waals surface area contributed by atoms with Gasteiger partial charge in [0.1, 0.15) is 10.3 Å². The van der Waals surface area contributed by atoms with Crippen LogP contribution in [0.25, 0.3) is 0 Å². The fourth-order valence-electron chi connectivity index (χ4n) is 1.46. The van der Waals surface area contributed by atoms with Gasteiger partial charge in [-0.25, -0.2) is 4.98 Å². The maximum Gasteiger partial charge on any atom is 0.267 e. The summed E-state index contributed by atoms with van der Waals surface area (Å²) in [6, 6.07) is 0.585. The molecule has 5 nitrogen and oxygen atoms in total. The zero-order valence-corrected chi connectivity index (χ0v) is 12.7. The van der Waals surface area contributed by atoms with Crippen molar-refractivity contribution in [2.75, 3.05) is 25.5 Å². The molecule has 0 aliphatic rings. The highest BCUT2D eigenvalue weighted by atomic mass is 79.9. The van der Waals surface area contributed by atoms with E-state index in [0.29, 0.717) is 16.3 Å². The quantitative estimate of drug-likeness (QED) is 0.756. The van der Waals surface area contributed by atoms with Gasteiger partial charge in [-0.2, -0.15) is 0 Å². The van der Waals surface area contributed by atoms with Gasteiger partial charge in [-0.3, -0.25) is 4.79 Å². The van der Waals surface area contributed by atoms with E-state index < -0.39 is 0 Å². The van der Waals surface area contributed by atoms with Crippen molar-refractivity contribution in [3.8, 4) is 0 Å². The van der Waals surface area contributed by atoms with E-state index in [4.69, 9.17) is 0 Å². The topological polar surface area (TPSA) is 61.0 Å². The predicted octanol–water partition coefficient (Wildman–Crippen LogP) is 2.06. The van der Waals surface area contributed by atoms with E-state index in [1.165, 1.54) is 6.33 Å². The summed E-state index contributed by atoms with van der Waals surface area (Å²) < 4.78 is 0.462. The summed E-state index contributed by atoms with van der Waals surface area (Å²) in [7, 11) is 2.13. The zero-order chi connectivity index (χ0) is 13.5. The lowest BCUT2D eigenvalue weighted by molar-refractivity contribution is 0.269. The molecule has 0 spiro atoms. The predicted molar refractivity (Wildman–Crippen MR) is 78.0 cm³/mol. The van der Waals surface area contributed by atoms with Gasteiger partial charge in [0.05, 0.1) is 6.33 Å². The molecule has 102 valence electrons. The normalized spacial score (nSPS) is 11.2. The average molecular weight is 317 g/mol. The lowest BCUT2D eigenvalue weighted by Gasteiger charge is -2.20. The minimum atomic E-state index is -0.160. The van der Waals surface area contributed by atoms with Crippen molar-refractivity contribution in [2.45, 2.75) is 32.7 Å². The SMILES string of the molecule is CC(C)N(C)CCCCNc1nc[nH]c(=O)c1Br. The number of H-pyrrole nitrogens is 1. The number of aromatic nitrogens is 2. The second kappa shape index (κ2) is 7.53. The lowest BCUT2D eigenvalue weighted by atomic mass is 10.2. The van der Waals surface area contributed by atoms with Crippen LogP contribution in [0.2, 0.25) is 0 Å². The third-order valence-electron chi connectivity index (χ3n) is 2.91. The summed E-state index contributed by atoms with van der Waals surface area (Å²) in [5.74, 6) is 0.607. The first-order chi connectivity index (χ1) is 8.52. The van der Waals surface area contributed by atoms with Gasteiger partial charge in [0.2, 0.25) is 0 Å². The molecular weight excluding hydrogens is 296 g/mol. The highest BCUT2D eigenvalue weighted by molar-refractivity contribution is 9.10. The molecule has 0 saturated heterocycles. The summed E-state index contributed by atoms with van der Waals surface area (Å²) in [4.78, 5) is 20.2. The number of unbranched alkanes of at least 4 members (excludes halogenated alkanes) is 1. The minimum Gasteiger partial charge on any atom is -0.369 e. The molecule has 0 unspecified atom stereocenters. The maximum absolute atomic E-state index is 11.3. The van der Waals surface area contributed by atoms with Crippen LogP contribution in [0.3, 0.4) is 0 Å². The molecule has 18 heavy (non-hydrogen) atoms. The second-order valence-corrected chi connectivity index (χ2v) is 5.40. The number of aromatic amines is 1. The number of nitrogens with one attached hydrogen (secondary N) is 2. The van der Waals surface area contributed by atoms with E-state index in [2.05, 4.69) is 57.0 Å². The fourth-order valence-corrected chi connectivity index (χ4v) is 1.81. The largest absolute Gasteiger partial charge is 0.369 e. The number of hydrogen-bond acceptors (Lipinski definition) is 4. The first-order valence-corrected chi connectivity index (χ1v) is 6.99. The Morgan fingerprint density at radius 2 is 2.22 bits per heavy atom. The van der Waals surface area contributed by atoms with Gasteiger partial charge in [0.15, 0.2) is 0 Å². The van der Waals surface area contributed by atoms with Crippen LogP contribution in [0.1, 0.15) is 26.7 Å². The van der Waals surface area contributed by atoms with E-state index in [-0.39, 0.29) is 5.56 Å². The summed E-state index contributed by atoms with van der Waals surface area (Å²) in [6.07, 6.45) is 3.59. The molecular formula is C12H21BrN4O. The average Bonchev–Trinajstić information content (AvgIpc) is 2.33. The molecule has 0 bridgehead atoms. The van der Waals surface area contributed by atoms with Crippen LogP contribution in [0, 0.1) is 0 Å². The molecule has 1 aromatic heterocycles. The van der Waals surface area contributed by atoms with Crippen molar-refractivity contribution in [1.82, 2.24) is 14.9 Å². The van der Waals surface area contributed by atoms with Crippen LogP contribution < -0.4 is 10.9 Å². The molecule has 0 atom stereocenters. The molecule has 0 radical (unpaired) electrons. The van der Waals surface area contributed by atoms with Gasteiger partial charge in [0.25, 0.3) is 5.56 Å². The molecule has 0 aliphatic heterocycles. The fraction of sp³-hybridized carbons (Fsp3) is 0.667. The molecule has 2 N–H and O–H groups in total. The van der Waals surface area contributed by atoms with Crippen molar-refractivity contribution in [3.05, 3.63) is 21.2 Å².